The third-order valence-electron chi connectivity index (χ3n) is 4.86. The zero-order valence-corrected chi connectivity index (χ0v) is 16.1. The van der Waals surface area contributed by atoms with Crippen molar-refractivity contribution in [3.8, 4) is 0 Å². The lowest BCUT2D eigenvalue weighted by Gasteiger charge is -2.35. The second-order valence-corrected chi connectivity index (χ2v) is 7.86. The molecule has 0 atom stereocenters. The number of hydrogen-bond donors (Lipinski definition) is 0. The maximum absolute atomic E-state index is 12.4. The third kappa shape index (κ3) is 5.18. The molecule has 0 N–H and O–H groups in total. The summed E-state index contributed by atoms with van der Waals surface area (Å²) in [5.41, 5.74) is 2.44. The number of piperazine rings is 1. The van der Waals surface area contributed by atoms with E-state index in [-0.39, 0.29) is 11.8 Å². The Hall–Kier alpha value is -2.14. The van der Waals surface area contributed by atoms with E-state index < -0.39 is 0 Å². The summed E-state index contributed by atoms with van der Waals surface area (Å²) in [5, 5.41) is 2.04. The second-order valence-electron chi connectivity index (χ2n) is 6.83. The third-order valence-corrected chi connectivity index (χ3v) is 5.80. The predicted octanol–water partition coefficient (Wildman–Crippen LogP) is 3.29. The Morgan fingerprint density at radius 1 is 0.923 bits per heavy atom. The van der Waals surface area contributed by atoms with Crippen molar-refractivity contribution in [3.63, 3.8) is 0 Å². The lowest BCUT2D eigenvalue weighted by Crippen LogP contribution is -2.50. The van der Waals surface area contributed by atoms with Crippen LogP contribution in [0.15, 0.2) is 41.8 Å². The standard InChI is InChI=1S/C21H26N2O2S/c1-17-4-2-5-18(16-17)7-9-20(24)22-11-13-23(14-12-22)21(25)10-8-19-6-3-15-26-19/h2-6,15-16H,7-14H2,1H3. The van der Waals surface area contributed by atoms with Crippen molar-refractivity contribution in [2.24, 2.45) is 0 Å². The van der Waals surface area contributed by atoms with Gasteiger partial charge in [-0.25, -0.2) is 0 Å². The molecule has 26 heavy (non-hydrogen) atoms. The summed E-state index contributed by atoms with van der Waals surface area (Å²) in [6, 6.07) is 12.4. The fourth-order valence-electron chi connectivity index (χ4n) is 3.33. The summed E-state index contributed by atoms with van der Waals surface area (Å²) in [6.07, 6.45) is 2.68. The Morgan fingerprint density at radius 3 is 2.15 bits per heavy atom. The minimum absolute atomic E-state index is 0.192. The van der Waals surface area contributed by atoms with E-state index in [0.717, 1.165) is 12.8 Å². The summed E-state index contributed by atoms with van der Waals surface area (Å²) < 4.78 is 0. The van der Waals surface area contributed by atoms with Crippen LogP contribution in [0.3, 0.4) is 0 Å². The van der Waals surface area contributed by atoms with Crippen LogP contribution in [0.5, 0.6) is 0 Å². The van der Waals surface area contributed by atoms with E-state index in [0.29, 0.717) is 39.0 Å². The summed E-state index contributed by atoms with van der Waals surface area (Å²) in [5.74, 6) is 0.391. The highest BCUT2D eigenvalue weighted by atomic mass is 32.1. The lowest BCUT2D eigenvalue weighted by molar-refractivity contribution is -0.139. The average molecular weight is 371 g/mol. The first-order chi connectivity index (χ1) is 12.6. The van der Waals surface area contributed by atoms with Crippen LogP contribution in [-0.2, 0) is 22.4 Å². The number of thiophene rings is 1. The van der Waals surface area contributed by atoms with Gasteiger partial charge in [0.1, 0.15) is 0 Å². The molecule has 2 heterocycles. The van der Waals surface area contributed by atoms with Gasteiger partial charge in [0.25, 0.3) is 0 Å². The van der Waals surface area contributed by atoms with Gasteiger partial charge in [-0.05, 0) is 36.8 Å². The minimum Gasteiger partial charge on any atom is -0.339 e. The van der Waals surface area contributed by atoms with Crippen LogP contribution in [-0.4, -0.2) is 47.8 Å². The molecule has 1 saturated heterocycles. The van der Waals surface area contributed by atoms with Gasteiger partial charge in [-0.2, -0.15) is 0 Å². The smallest absolute Gasteiger partial charge is 0.223 e. The van der Waals surface area contributed by atoms with E-state index in [4.69, 9.17) is 0 Å². The molecule has 2 aromatic rings. The van der Waals surface area contributed by atoms with Crippen LogP contribution in [0.25, 0.3) is 0 Å². The van der Waals surface area contributed by atoms with E-state index in [2.05, 4.69) is 31.2 Å². The maximum Gasteiger partial charge on any atom is 0.223 e. The largest absolute Gasteiger partial charge is 0.339 e. The number of aryl methyl sites for hydroxylation is 3. The van der Waals surface area contributed by atoms with E-state index >= 15 is 0 Å². The highest BCUT2D eigenvalue weighted by Crippen LogP contribution is 2.13. The topological polar surface area (TPSA) is 40.6 Å². The lowest BCUT2D eigenvalue weighted by atomic mass is 10.1. The maximum atomic E-state index is 12.4. The Morgan fingerprint density at radius 2 is 1.58 bits per heavy atom. The molecule has 1 aromatic carbocycles. The molecule has 0 saturated carbocycles. The number of hydrogen-bond acceptors (Lipinski definition) is 3. The molecule has 1 aromatic heterocycles. The number of amides is 2. The predicted molar refractivity (Wildman–Crippen MR) is 105 cm³/mol. The van der Waals surface area contributed by atoms with Crippen LogP contribution >= 0.6 is 11.3 Å². The van der Waals surface area contributed by atoms with Gasteiger partial charge in [0.2, 0.25) is 11.8 Å². The van der Waals surface area contributed by atoms with Gasteiger partial charge in [-0.15, -0.1) is 11.3 Å². The number of carbonyl (C=O) groups excluding carboxylic acids is 2. The first kappa shape index (κ1) is 18.6. The SMILES string of the molecule is Cc1cccc(CCC(=O)N2CCN(C(=O)CCc3cccs3)CC2)c1. The van der Waals surface area contributed by atoms with Gasteiger partial charge < -0.3 is 9.80 Å². The van der Waals surface area contributed by atoms with E-state index in [1.54, 1.807) is 11.3 Å². The zero-order chi connectivity index (χ0) is 18.4. The molecule has 2 amide bonds. The second kappa shape index (κ2) is 8.99. The molecule has 4 nitrogen and oxygen atoms in total. The van der Waals surface area contributed by atoms with Crippen molar-refractivity contribution < 1.29 is 9.59 Å². The highest BCUT2D eigenvalue weighted by Gasteiger charge is 2.23. The van der Waals surface area contributed by atoms with Crippen molar-refractivity contribution in [3.05, 3.63) is 57.8 Å². The molecule has 0 bridgehead atoms. The fraction of sp³-hybridized carbons (Fsp3) is 0.429. The zero-order valence-electron chi connectivity index (χ0n) is 15.3. The monoisotopic (exact) mass is 370 g/mol. The van der Waals surface area contributed by atoms with E-state index in [1.165, 1.54) is 16.0 Å². The first-order valence-corrected chi connectivity index (χ1v) is 10.1. The van der Waals surface area contributed by atoms with E-state index in [9.17, 15) is 9.59 Å². The summed E-state index contributed by atoms with van der Waals surface area (Å²) in [4.78, 5) is 29.8. The molecule has 138 valence electrons. The van der Waals surface area contributed by atoms with Gasteiger partial charge >= 0.3 is 0 Å². The summed E-state index contributed by atoms with van der Waals surface area (Å²) in [7, 11) is 0. The molecule has 1 aliphatic heterocycles. The number of benzene rings is 1. The Labute approximate surface area is 159 Å². The molecule has 3 rings (SSSR count). The van der Waals surface area contributed by atoms with Crippen molar-refractivity contribution in [2.75, 3.05) is 26.2 Å². The van der Waals surface area contributed by atoms with Crippen molar-refractivity contribution in [1.29, 1.82) is 0 Å². The molecule has 5 heteroatoms. The van der Waals surface area contributed by atoms with Crippen LogP contribution < -0.4 is 0 Å². The van der Waals surface area contributed by atoms with Gasteiger partial charge in [0.15, 0.2) is 0 Å². The van der Waals surface area contributed by atoms with E-state index in [1.807, 2.05) is 27.3 Å². The Balaban J connectivity index is 1.39. The molecule has 1 aliphatic rings. The number of carbonyl (C=O) groups is 2. The Kier molecular flexibility index (Phi) is 6.45. The highest BCUT2D eigenvalue weighted by molar-refractivity contribution is 7.09. The number of rotatable bonds is 6. The van der Waals surface area contributed by atoms with Crippen molar-refractivity contribution >= 4 is 23.2 Å². The summed E-state index contributed by atoms with van der Waals surface area (Å²) in [6.45, 7) is 4.67. The van der Waals surface area contributed by atoms with Crippen LogP contribution in [0.2, 0.25) is 0 Å². The summed E-state index contributed by atoms with van der Waals surface area (Å²) >= 11 is 1.70. The molecule has 0 spiro atoms. The quantitative estimate of drug-likeness (QED) is 0.783. The molecule has 1 fully saturated rings. The van der Waals surface area contributed by atoms with Crippen LogP contribution in [0.1, 0.15) is 28.8 Å². The molecular formula is C21H26N2O2S. The minimum atomic E-state index is 0.192. The molecule has 0 unspecified atom stereocenters. The van der Waals surface area contributed by atoms with Crippen LogP contribution in [0.4, 0.5) is 0 Å². The van der Waals surface area contributed by atoms with Gasteiger partial charge in [-0.1, -0.05) is 35.9 Å². The normalized spacial score (nSPS) is 14.5. The molecular weight excluding hydrogens is 344 g/mol. The molecule has 0 radical (unpaired) electrons. The van der Waals surface area contributed by atoms with Crippen molar-refractivity contribution in [1.82, 2.24) is 9.80 Å². The van der Waals surface area contributed by atoms with Gasteiger partial charge in [0, 0.05) is 43.9 Å². The molecule has 0 aliphatic carbocycles. The van der Waals surface area contributed by atoms with Gasteiger partial charge in [-0.3, -0.25) is 9.59 Å². The van der Waals surface area contributed by atoms with Crippen LogP contribution in [0, 0.1) is 6.92 Å². The van der Waals surface area contributed by atoms with Gasteiger partial charge in [0.05, 0.1) is 0 Å². The number of nitrogens with zero attached hydrogens (tertiary/aromatic N) is 2. The fourth-order valence-corrected chi connectivity index (χ4v) is 4.03. The van der Waals surface area contributed by atoms with Crippen molar-refractivity contribution in [2.45, 2.75) is 32.6 Å². The Bertz CT molecular complexity index is 734. The first-order valence-electron chi connectivity index (χ1n) is 9.25. The average Bonchev–Trinajstić information content (AvgIpc) is 3.18.